The zero-order valence-electron chi connectivity index (χ0n) is 12.3. The van der Waals surface area contributed by atoms with Crippen LogP contribution in [-0.4, -0.2) is 31.5 Å². The third-order valence-electron chi connectivity index (χ3n) is 3.74. The molecular formula is C15H21FN2O2S. The number of halogens is 1. The van der Waals surface area contributed by atoms with Crippen LogP contribution in [0, 0.1) is 11.7 Å². The molecule has 1 saturated heterocycles. The lowest BCUT2D eigenvalue weighted by Gasteiger charge is -2.28. The Hall–Kier alpha value is -1.27. The smallest absolute Gasteiger partial charge is 0.319 e. The van der Waals surface area contributed by atoms with Gasteiger partial charge in [0, 0.05) is 29.8 Å². The van der Waals surface area contributed by atoms with E-state index in [1.165, 1.54) is 17.8 Å². The Morgan fingerprint density at radius 1 is 1.43 bits per heavy atom. The van der Waals surface area contributed by atoms with Gasteiger partial charge in [0.15, 0.2) is 0 Å². The van der Waals surface area contributed by atoms with Crippen molar-refractivity contribution < 1.29 is 13.9 Å². The first-order valence-electron chi connectivity index (χ1n) is 7.09. The van der Waals surface area contributed by atoms with Crippen LogP contribution in [0.3, 0.4) is 0 Å². The van der Waals surface area contributed by atoms with E-state index in [0.717, 1.165) is 26.1 Å². The van der Waals surface area contributed by atoms with Crippen LogP contribution in [0.25, 0.3) is 0 Å². The first kappa shape index (κ1) is 16.1. The number of benzene rings is 1. The molecule has 1 atom stereocenters. The van der Waals surface area contributed by atoms with Gasteiger partial charge < -0.3 is 15.4 Å². The summed E-state index contributed by atoms with van der Waals surface area (Å²) in [6.45, 7) is 3.49. The van der Waals surface area contributed by atoms with Gasteiger partial charge in [0.1, 0.15) is 5.82 Å². The summed E-state index contributed by atoms with van der Waals surface area (Å²) < 4.78 is 19.0. The summed E-state index contributed by atoms with van der Waals surface area (Å²) in [6.07, 6.45) is 3.73. The molecule has 0 aromatic heterocycles. The topological polar surface area (TPSA) is 50.4 Å². The molecule has 2 rings (SSSR count). The molecule has 0 saturated carbocycles. The predicted octanol–water partition coefficient (Wildman–Crippen LogP) is 3.48. The third kappa shape index (κ3) is 4.61. The zero-order chi connectivity index (χ0) is 15.2. The average molecular weight is 312 g/mol. The monoisotopic (exact) mass is 312 g/mol. The van der Waals surface area contributed by atoms with Crippen molar-refractivity contribution in [1.29, 1.82) is 0 Å². The molecule has 1 aliphatic rings. The standard InChI is InChI=1S/C15H21FN2O2S/c1-10(11-5-7-20-8-6-11)17-15(19)18-12-3-4-14(21-2)13(16)9-12/h3-4,9-11H,5-8H2,1-2H3,(H2,17,18,19). The van der Waals surface area contributed by atoms with Crippen molar-refractivity contribution in [2.24, 2.45) is 5.92 Å². The summed E-state index contributed by atoms with van der Waals surface area (Å²) in [5.74, 6) is 0.109. The average Bonchev–Trinajstić information content (AvgIpc) is 2.48. The molecule has 0 radical (unpaired) electrons. The van der Waals surface area contributed by atoms with Crippen molar-refractivity contribution in [3.8, 4) is 0 Å². The third-order valence-corrected chi connectivity index (χ3v) is 4.51. The SMILES string of the molecule is CSc1ccc(NC(=O)NC(C)C2CCOCC2)cc1F. The minimum absolute atomic E-state index is 0.0733. The number of thioether (sulfide) groups is 1. The minimum Gasteiger partial charge on any atom is -0.381 e. The highest BCUT2D eigenvalue weighted by atomic mass is 32.2. The van der Waals surface area contributed by atoms with Gasteiger partial charge in [-0.1, -0.05) is 0 Å². The maximum absolute atomic E-state index is 13.6. The Morgan fingerprint density at radius 2 is 2.14 bits per heavy atom. The van der Waals surface area contributed by atoms with Gasteiger partial charge in [-0.25, -0.2) is 9.18 Å². The Bertz CT molecular complexity index is 493. The lowest BCUT2D eigenvalue weighted by atomic mass is 9.93. The second-order valence-corrected chi connectivity index (χ2v) is 6.03. The predicted molar refractivity (Wildman–Crippen MR) is 83.3 cm³/mol. The van der Waals surface area contributed by atoms with E-state index >= 15 is 0 Å². The molecule has 1 aliphatic heterocycles. The van der Waals surface area contributed by atoms with Gasteiger partial charge in [-0.3, -0.25) is 0 Å². The number of ether oxygens (including phenoxy) is 1. The number of hydrogen-bond donors (Lipinski definition) is 2. The maximum Gasteiger partial charge on any atom is 0.319 e. The van der Waals surface area contributed by atoms with E-state index in [4.69, 9.17) is 4.74 Å². The molecule has 2 amide bonds. The molecule has 0 bridgehead atoms. The number of carbonyl (C=O) groups is 1. The van der Waals surface area contributed by atoms with E-state index in [9.17, 15) is 9.18 Å². The summed E-state index contributed by atoms with van der Waals surface area (Å²) >= 11 is 1.34. The fraction of sp³-hybridized carbons (Fsp3) is 0.533. The minimum atomic E-state index is -0.322. The quantitative estimate of drug-likeness (QED) is 0.837. The molecule has 1 aromatic rings. The number of nitrogens with one attached hydrogen (secondary N) is 2. The molecule has 2 N–H and O–H groups in total. The van der Waals surface area contributed by atoms with Gasteiger partial charge in [-0.15, -0.1) is 11.8 Å². The summed E-state index contributed by atoms with van der Waals surface area (Å²) in [4.78, 5) is 12.5. The molecule has 4 nitrogen and oxygen atoms in total. The van der Waals surface area contributed by atoms with Crippen molar-refractivity contribution in [2.45, 2.75) is 30.7 Å². The van der Waals surface area contributed by atoms with Crippen LogP contribution in [0.15, 0.2) is 23.1 Å². The summed E-state index contributed by atoms with van der Waals surface area (Å²) in [6, 6.07) is 4.48. The number of hydrogen-bond acceptors (Lipinski definition) is 3. The van der Waals surface area contributed by atoms with Crippen LogP contribution in [0.1, 0.15) is 19.8 Å². The van der Waals surface area contributed by atoms with Gasteiger partial charge >= 0.3 is 6.03 Å². The van der Waals surface area contributed by atoms with Crippen LogP contribution < -0.4 is 10.6 Å². The molecule has 1 heterocycles. The zero-order valence-corrected chi connectivity index (χ0v) is 13.1. The first-order valence-corrected chi connectivity index (χ1v) is 8.31. The van der Waals surface area contributed by atoms with E-state index in [-0.39, 0.29) is 17.9 Å². The van der Waals surface area contributed by atoms with Gasteiger partial charge in [0.2, 0.25) is 0 Å². The van der Waals surface area contributed by atoms with Crippen LogP contribution in [0.2, 0.25) is 0 Å². The molecule has 1 aromatic carbocycles. The molecule has 0 spiro atoms. The van der Waals surface area contributed by atoms with E-state index in [1.807, 2.05) is 13.2 Å². The van der Waals surface area contributed by atoms with Crippen LogP contribution in [-0.2, 0) is 4.74 Å². The van der Waals surface area contributed by atoms with E-state index < -0.39 is 0 Å². The van der Waals surface area contributed by atoms with Crippen molar-refractivity contribution in [1.82, 2.24) is 5.32 Å². The molecule has 6 heteroatoms. The first-order chi connectivity index (χ1) is 10.1. The van der Waals surface area contributed by atoms with E-state index in [0.29, 0.717) is 16.5 Å². The van der Waals surface area contributed by atoms with Crippen LogP contribution >= 0.6 is 11.8 Å². The van der Waals surface area contributed by atoms with Gasteiger partial charge in [-0.2, -0.15) is 0 Å². The number of urea groups is 1. The Labute approximate surface area is 128 Å². The second-order valence-electron chi connectivity index (χ2n) is 5.19. The highest BCUT2D eigenvalue weighted by molar-refractivity contribution is 7.98. The molecule has 21 heavy (non-hydrogen) atoms. The summed E-state index contributed by atoms with van der Waals surface area (Å²) in [5.41, 5.74) is 0.460. The van der Waals surface area contributed by atoms with Crippen LogP contribution in [0.5, 0.6) is 0 Å². The summed E-state index contributed by atoms with van der Waals surface area (Å²) in [7, 11) is 0. The fourth-order valence-electron chi connectivity index (χ4n) is 2.45. The van der Waals surface area contributed by atoms with Crippen molar-refractivity contribution in [3.63, 3.8) is 0 Å². The van der Waals surface area contributed by atoms with Gasteiger partial charge in [0.25, 0.3) is 0 Å². The lowest BCUT2D eigenvalue weighted by Crippen LogP contribution is -2.42. The number of carbonyl (C=O) groups excluding carboxylic acids is 1. The molecule has 1 fully saturated rings. The van der Waals surface area contributed by atoms with E-state index in [1.54, 1.807) is 12.1 Å². The van der Waals surface area contributed by atoms with Crippen molar-refractivity contribution >= 4 is 23.5 Å². The normalized spacial score (nSPS) is 17.3. The number of rotatable bonds is 4. The molecular weight excluding hydrogens is 291 g/mol. The highest BCUT2D eigenvalue weighted by Gasteiger charge is 2.21. The number of anilines is 1. The highest BCUT2D eigenvalue weighted by Crippen LogP contribution is 2.22. The van der Waals surface area contributed by atoms with Crippen molar-refractivity contribution in [3.05, 3.63) is 24.0 Å². The second kappa shape index (κ2) is 7.66. The summed E-state index contributed by atoms with van der Waals surface area (Å²) in [5, 5.41) is 5.59. The lowest BCUT2D eigenvalue weighted by molar-refractivity contribution is 0.0573. The Balaban J connectivity index is 1.87. The molecule has 0 aliphatic carbocycles. The van der Waals surface area contributed by atoms with Gasteiger partial charge in [-0.05, 0) is 50.1 Å². The number of amides is 2. The maximum atomic E-state index is 13.6. The Morgan fingerprint density at radius 3 is 2.76 bits per heavy atom. The van der Waals surface area contributed by atoms with E-state index in [2.05, 4.69) is 10.6 Å². The largest absolute Gasteiger partial charge is 0.381 e. The van der Waals surface area contributed by atoms with Crippen LogP contribution in [0.4, 0.5) is 14.9 Å². The van der Waals surface area contributed by atoms with Gasteiger partial charge in [0.05, 0.1) is 0 Å². The molecule has 116 valence electrons. The Kier molecular flexibility index (Phi) is 5.87. The van der Waals surface area contributed by atoms with Crippen molar-refractivity contribution in [2.75, 3.05) is 24.8 Å². The molecule has 1 unspecified atom stereocenters. The fourth-order valence-corrected chi connectivity index (χ4v) is 2.91.